The minimum Gasteiger partial charge on any atom is -0.368 e. The van der Waals surface area contributed by atoms with Crippen molar-refractivity contribution in [2.75, 3.05) is 36.1 Å². The second-order valence-corrected chi connectivity index (χ2v) is 7.55. The van der Waals surface area contributed by atoms with E-state index in [0.29, 0.717) is 17.8 Å². The van der Waals surface area contributed by atoms with Crippen LogP contribution in [-0.4, -0.2) is 56.2 Å². The number of benzene rings is 1. The molecule has 4 rings (SSSR count). The summed E-state index contributed by atoms with van der Waals surface area (Å²) in [7, 11) is 2.09. The Morgan fingerprint density at radius 3 is 2.77 bits per heavy atom. The number of likely N-dealkylation sites (N-methyl/N-ethyl adjacent to an activating group) is 1. The van der Waals surface area contributed by atoms with Gasteiger partial charge in [-0.05, 0) is 51.1 Å². The molecule has 9 heteroatoms. The van der Waals surface area contributed by atoms with Gasteiger partial charge < -0.3 is 16.0 Å². The van der Waals surface area contributed by atoms with Gasteiger partial charge in [0.25, 0.3) is 0 Å². The van der Waals surface area contributed by atoms with E-state index in [0.717, 1.165) is 37.4 Å². The fourth-order valence-electron chi connectivity index (χ4n) is 3.76. The fourth-order valence-corrected chi connectivity index (χ4v) is 3.76. The van der Waals surface area contributed by atoms with Crippen molar-refractivity contribution in [2.45, 2.75) is 31.8 Å². The molecule has 1 aromatic carbocycles. The van der Waals surface area contributed by atoms with Crippen molar-refractivity contribution in [3.8, 4) is 0 Å². The van der Waals surface area contributed by atoms with Crippen molar-refractivity contribution in [3.05, 3.63) is 54.5 Å². The van der Waals surface area contributed by atoms with E-state index in [1.54, 1.807) is 6.20 Å². The third-order valence-corrected chi connectivity index (χ3v) is 5.46. The highest BCUT2D eigenvalue weighted by Crippen LogP contribution is 2.26. The molecule has 1 aliphatic rings. The molecular weight excluding hydrogens is 378 g/mol. The van der Waals surface area contributed by atoms with E-state index in [2.05, 4.69) is 54.2 Å². The van der Waals surface area contributed by atoms with Crippen LogP contribution in [0.5, 0.6) is 0 Å². The summed E-state index contributed by atoms with van der Waals surface area (Å²) in [6.45, 7) is 3.95. The molecule has 9 nitrogen and oxygen atoms in total. The number of para-hydroxylation sites is 1. The molecule has 3 aromatic rings. The topological polar surface area (TPSA) is 109 Å². The van der Waals surface area contributed by atoms with Gasteiger partial charge in [0.1, 0.15) is 0 Å². The number of rotatable bonds is 7. The Morgan fingerprint density at radius 2 is 2.00 bits per heavy atom. The number of nitrogens with one attached hydrogen (secondary N) is 1. The van der Waals surface area contributed by atoms with E-state index < -0.39 is 0 Å². The lowest BCUT2D eigenvalue weighted by Crippen LogP contribution is -2.40. The molecule has 0 aliphatic carbocycles. The van der Waals surface area contributed by atoms with Crippen molar-refractivity contribution in [2.24, 2.45) is 0 Å². The Kier molecular flexibility index (Phi) is 5.99. The molecule has 3 N–H and O–H groups in total. The van der Waals surface area contributed by atoms with Crippen LogP contribution in [0.2, 0.25) is 0 Å². The number of nitrogen functional groups attached to an aromatic ring is 1. The molecular formula is C21H27N9. The van der Waals surface area contributed by atoms with Crippen molar-refractivity contribution in [3.63, 3.8) is 0 Å². The molecule has 2 unspecified atom stereocenters. The first-order valence-corrected chi connectivity index (χ1v) is 10.2. The molecule has 0 amide bonds. The number of nitrogens with two attached hydrogens (primary N) is 1. The summed E-state index contributed by atoms with van der Waals surface area (Å²) in [6, 6.07) is 14.1. The molecule has 1 aliphatic heterocycles. The smallest absolute Gasteiger partial charge is 0.232 e. The summed E-state index contributed by atoms with van der Waals surface area (Å²) < 4.78 is 0. The number of aromatic nitrogens is 5. The van der Waals surface area contributed by atoms with E-state index >= 15 is 0 Å². The monoisotopic (exact) mass is 405 g/mol. The summed E-state index contributed by atoms with van der Waals surface area (Å²) in [6.07, 6.45) is 3.97. The first-order valence-electron chi connectivity index (χ1n) is 10.2. The van der Waals surface area contributed by atoms with Crippen LogP contribution in [0.25, 0.3) is 0 Å². The second kappa shape index (κ2) is 9.00. The van der Waals surface area contributed by atoms with Gasteiger partial charge in [0, 0.05) is 31.0 Å². The first kappa shape index (κ1) is 20.0. The molecule has 0 saturated carbocycles. The molecule has 0 spiro atoms. The Morgan fingerprint density at radius 1 is 1.17 bits per heavy atom. The lowest BCUT2D eigenvalue weighted by molar-refractivity contribution is 0.236. The maximum absolute atomic E-state index is 5.97. The molecule has 0 bridgehead atoms. The lowest BCUT2D eigenvalue weighted by atomic mass is 10.1. The van der Waals surface area contributed by atoms with Gasteiger partial charge in [-0.25, -0.2) is 0 Å². The number of hydrogen-bond donors (Lipinski definition) is 2. The summed E-state index contributed by atoms with van der Waals surface area (Å²) in [4.78, 5) is 17.8. The maximum Gasteiger partial charge on any atom is 0.232 e. The average molecular weight is 406 g/mol. The summed E-state index contributed by atoms with van der Waals surface area (Å²) >= 11 is 0. The quantitative estimate of drug-likeness (QED) is 0.613. The molecule has 1 saturated heterocycles. The molecule has 1 fully saturated rings. The van der Waals surface area contributed by atoms with E-state index in [-0.39, 0.29) is 12.0 Å². The Balaban J connectivity index is 1.46. The first-order chi connectivity index (χ1) is 14.6. The third kappa shape index (κ3) is 4.62. The zero-order chi connectivity index (χ0) is 20.9. The second-order valence-electron chi connectivity index (χ2n) is 7.55. The lowest BCUT2D eigenvalue weighted by Gasteiger charge is -2.31. The molecule has 30 heavy (non-hydrogen) atoms. The van der Waals surface area contributed by atoms with Crippen LogP contribution in [0, 0.1) is 0 Å². The van der Waals surface area contributed by atoms with Crippen LogP contribution < -0.4 is 16.0 Å². The average Bonchev–Trinajstić information content (AvgIpc) is 3.22. The molecule has 2 atom stereocenters. The number of hydrogen-bond acceptors (Lipinski definition) is 9. The van der Waals surface area contributed by atoms with Crippen LogP contribution in [-0.2, 0) is 0 Å². The van der Waals surface area contributed by atoms with Crippen molar-refractivity contribution in [1.82, 2.24) is 30.0 Å². The number of nitrogens with zero attached hydrogens (tertiary/aromatic N) is 7. The van der Waals surface area contributed by atoms with E-state index in [9.17, 15) is 0 Å². The Bertz CT molecular complexity index is 951. The summed E-state index contributed by atoms with van der Waals surface area (Å²) in [5, 5.41) is 11.5. The minimum atomic E-state index is -0.0177. The molecule has 0 radical (unpaired) electrons. The standard InChI is InChI=1S/C21H27N9/c1-15(19-25-20(22)27-21(26-19)24-16-8-4-3-5-9-16)29(2)14-17-10-7-13-30(17)18-11-6-12-23-28-18/h3-6,8-9,11-12,15,17H,7,10,13-14H2,1-2H3,(H3,22,24,25,26,27). The Hall–Kier alpha value is -3.33. The largest absolute Gasteiger partial charge is 0.368 e. The van der Waals surface area contributed by atoms with E-state index in [1.807, 2.05) is 42.5 Å². The van der Waals surface area contributed by atoms with Crippen LogP contribution in [0.4, 0.5) is 23.4 Å². The highest BCUT2D eigenvalue weighted by molar-refractivity contribution is 5.53. The zero-order valence-corrected chi connectivity index (χ0v) is 17.3. The summed E-state index contributed by atoms with van der Waals surface area (Å²) in [5.41, 5.74) is 6.87. The van der Waals surface area contributed by atoms with E-state index in [4.69, 9.17) is 5.73 Å². The maximum atomic E-state index is 5.97. The van der Waals surface area contributed by atoms with E-state index in [1.165, 1.54) is 0 Å². The molecule has 3 heterocycles. The normalized spacial score (nSPS) is 17.3. The molecule has 156 valence electrons. The molecule has 2 aromatic heterocycles. The third-order valence-electron chi connectivity index (χ3n) is 5.46. The highest BCUT2D eigenvalue weighted by atomic mass is 15.3. The van der Waals surface area contributed by atoms with Crippen molar-refractivity contribution < 1.29 is 0 Å². The summed E-state index contributed by atoms with van der Waals surface area (Å²) in [5.74, 6) is 2.24. The predicted molar refractivity (Wildman–Crippen MR) is 117 cm³/mol. The highest BCUT2D eigenvalue weighted by Gasteiger charge is 2.29. The van der Waals surface area contributed by atoms with Crippen LogP contribution in [0.1, 0.15) is 31.6 Å². The van der Waals surface area contributed by atoms with Gasteiger partial charge in [0.15, 0.2) is 11.6 Å². The van der Waals surface area contributed by atoms with Gasteiger partial charge in [0.2, 0.25) is 11.9 Å². The predicted octanol–water partition coefficient (Wildman–Crippen LogP) is 2.65. The number of anilines is 4. The van der Waals surface area contributed by atoms with Gasteiger partial charge in [-0.2, -0.15) is 20.1 Å². The van der Waals surface area contributed by atoms with Crippen LogP contribution >= 0.6 is 0 Å². The van der Waals surface area contributed by atoms with Crippen molar-refractivity contribution >= 4 is 23.4 Å². The SMILES string of the molecule is CC(c1nc(N)nc(Nc2ccccc2)n1)N(C)CC1CCCN1c1cccnn1. The van der Waals surface area contributed by atoms with Gasteiger partial charge >= 0.3 is 0 Å². The Labute approximate surface area is 176 Å². The van der Waals surface area contributed by atoms with Crippen molar-refractivity contribution in [1.29, 1.82) is 0 Å². The van der Waals surface area contributed by atoms with Gasteiger partial charge in [-0.1, -0.05) is 18.2 Å². The zero-order valence-electron chi connectivity index (χ0n) is 17.3. The van der Waals surface area contributed by atoms with Gasteiger partial charge in [-0.15, -0.1) is 5.10 Å². The fraction of sp³-hybridized carbons (Fsp3) is 0.381. The minimum absolute atomic E-state index is 0.0177. The van der Waals surface area contributed by atoms with Crippen LogP contribution in [0.3, 0.4) is 0 Å². The van der Waals surface area contributed by atoms with Crippen LogP contribution in [0.15, 0.2) is 48.7 Å². The van der Waals surface area contributed by atoms with Gasteiger partial charge in [-0.3, -0.25) is 4.90 Å². The van der Waals surface area contributed by atoms with Gasteiger partial charge in [0.05, 0.1) is 6.04 Å².